The van der Waals surface area contributed by atoms with Crippen LogP contribution in [0.1, 0.15) is 21.7 Å². The summed E-state index contributed by atoms with van der Waals surface area (Å²) in [4.78, 5) is 41.0. The van der Waals surface area contributed by atoms with Crippen LogP contribution < -0.4 is 16.0 Å². The highest BCUT2D eigenvalue weighted by Gasteiger charge is 2.17. The van der Waals surface area contributed by atoms with Gasteiger partial charge in [-0.05, 0) is 43.2 Å². The Bertz CT molecular complexity index is 1350. The van der Waals surface area contributed by atoms with E-state index in [1.165, 1.54) is 28.0 Å². The van der Waals surface area contributed by atoms with Crippen LogP contribution >= 0.6 is 11.3 Å². The van der Waals surface area contributed by atoms with E-state index in [4.69, 9.17) is 9.84 Å². The fraction of sp³-hybridized carbons (Fsp3) is 0.174. The van der Waals surface area contributed by atoms with Gasteiger partial charge >= 0.3 is 11.7 Å². The molecule has 0 radical (unpaired) electrons. The molecular weight excluding hydrogens is 416 g/mol. The second-order valence-corrected chi connectivity index (χ2v) is 8.25. The molecule has 0 atom stereocenters. The van der Waals surface area contributed by atoms with Crippen molar-refractivity contribution in [3.63, 3.8) is 0 Å². The molecule has 7 nitrogen and oxygen atoms in total. The molecule has 0 aliphatic rings. The van der Waals surface area contributed by atoms with Gasteiger partial charge in [-0.3, -0.25) is 14.3 Å². The normalized spacial score (nSPS) is 11.0. The van der Waals surface area contributed by atoms with Gasteiger partial charge in [0.15, 0.2) is 0 Å². The zero-order valence-corrected chi connectivity index (χ0v) is 17.6. The van der Waals surface area contributed by atoms with Crippen molar-refractivity contribution in [3.8, 4) is 16.9 Å². The average Bonchev–Trinajstić information content (AvgIpc) is 3.09. The van der Waals surface area contributed by atoms with Crippen LogP contribution in [0.2, 0.25) is 0 Å². The Morgan fingerprint density at radius 2 is 1.81 bits per heavy atom. The van der Waals surface area contributed by atoms with Crippen LogP contribution in [0.25, 0.3) is 21.3 Å². The number of fused-ring (bicyclic) bond motifs is 1. The Hall–Kier alpha value is -3.65. The number of benzene rings is 2. The highest BCUT2D eigenvalue weighted by molar-refractivity contribution is 7.19. The fourth-order valence-corrected chi connectivity index (χ4v) is 4.55. The summed E-state index contributed by atoms with van der Waals surface area (Å²) in [6.45, 7) is 2.43. The maximum Gasteiger partial charge on any atom is 0.335 e. The molecule has 2 aromatic carbocycles. The average molecular weight is 436 g/mol. The lowest BCUT2D eigenvalue weighted by Crippen LogP contribution is -2.35. The van der Waals surface area contributed by atoms with Gasteiger partial charge in [-0.15, -0.1) is 11.3 Å². The van der Waals surface area contributed by atoms with Crippen LogP contribution in [-0.2, 0) is 6.54 Å². The molecule has 4 aromatic rings. The predicted octanol–water partition coefficient (Wildman–Crippen LogP) is 3.89. The third-order valence-electron chi connectivity index (χ3n) is 4.97. The first kappa shape index (κ1) is 20.6. The van der Waals surface area contributed by atoms with Crippen molar-refractivity contribution in [3.05, 3.63) is 85.9 Å². The largest absolute Gasteiger partial charge is 0.494 e. The van der Waals surface area contributed by atoms with Crippen LogP contribution in [0.5, 0.6) is 5.75 Å². The second-order valence-electron chi connectivity index (χ2n) is 7.02. The summed E-state index contributed by atoms with van der Waals surface area (Å²) in [6, 6.07) is 15.7. The van der Waals surface area contributed by atoms with E-state index >= 15 is 0 Å². The first-order chi connectivity index (χ1) is 15.0. The standard InChI is InChI=1S/C23H20N2O5S/c1-14-18(15-6-3-2-4-7-15)19-20(31-14)24-23(29)25(21(19)26)12-5-13-30-17-10-8-16(9-11-17)22(27)28/h2-4,6-11H,5,12-13H2,1H3,(H,24,29)(H,27,28). The van der Waals surface area contributed by atoms with Gasteiger partial charge in [0.1, 0.15) is 10.6 Å². The van der Waals surface area contributed by atoms with E-state index in [2.05, 4.69) is 4.98 Å². The number of aromatic nitrogens is 2. The van der Waals surface area contributed by atoms with Crippen molar-refractivity contribution in [2.45, 2.75) is 19.9 Å². The van der Waals surface area contributed by atoms with Crippen molar-refractivity contribution in [1.82, 2.24) is 9.55 Å². The number of aryl methyl sites for hydroxylation is 1. The van der Waals surface area contributed by atoms with Gasteiger partial charge in [-0.1, -0.05) is 30.3 Å². The summed E-state index contributed by atoms with van der Waals surface area (Å²) < 4.78 is 6.81. The van der Waals surface area contributed by atoms with E-state index in [1.54, 1.807) is 12.1 Å². The van der Waals surface area contributed by atoms with Gasteiger partial charge < -0.3 is 9.84 Å². The summed E-state index contributed by atoms with van der Waals surface area (Å²) in [5, 5.41) is 9.46. The molecule has 0 aliphatic heterocycles. The first-order valence-electron chi connectivity index (χ1n) is 9.73. The first-order valence-corrected chi connectivity index (χ1v) is 10.5. The molecule has 0 fully saturated rings. The Morgan fingerprint density at radius 3 is 2.48 bits per heavy atom. The van der Waals surface area contributed by atoms with Gasteiger partial charge in [-0.25, -0.2) is 9.59 Å². The number of ether oxygens (including phenoxy) is 1. The molecule has 31 heavy (non-hydrogen) atoms. The molecule has 4 rings (SSSR count). The maximum absolute atomic E-state index is 13.2. The van der Waals surface area contributed by atoms with Gasteiger partial charge in [0.05, 0.1) is 17.6 Å². The number of nitrogens with one attached hydrogen (secondary N) is 1. The number of hydrogen-bond donors (Lipinski definition) is 2. The number of H-pyrrole nitrogens is 1. The van der Waals surface area contributed by atoms with Crippen molar-refractivity contribution in [2.24, 2.45) is 0 Å². The van der Waals surface area contributed by atoms with Gasteiger partial charge in [0, 0.05) is 17.0 Å². The van der Waals surface area contributed by atoms with Crippen LogP contribution in [0, 0.1) is 6.92 Å². The minimum Gasteiger partial charge on any atom is -0.494 e. The lowest BCUT2D eigenvalue weighted by molar-refractivity contribution is 0.0697. The monoisotopic (exact) mass is 436 g/mol. The molecular formula is C23H20N2O5S. The fourth-order valence-electron chi connectivity index (χ4n) is 3.49. The number of carboxylic acids is 1. The van der Waals surface area contributed by atoms with E-state index in [0.717, 1.165) is 16.0 Å². The van der Waals surface area contributed by atoms with Crippen LogP contribution in [0.3, 0.4) is 0 Å². The molecule has 2 N–H and O–H groups in total. The van der Waals surface area contributed by atoms with Gasteiger partial charge in [0.25, 0.3) is 5.56 Å². The SMILES string of the molecule is Cc1sc2[nH]c(=O)n(CCCOc3ccc(C(=O)O)cc3)c(=O)c2c1-c1ccccc1. The molecule has 0 aliphatic carbocycles. The lowest BCUT2D eigenvalue weighted by Gasteiger charge is -2.08. The molecule has 0 saturated heterocycles. The summed E-state index contributed by atoms with van der Waals surface area (Å²) >= 11 is 1.40. The number of hydrogen-bond acceptors (Lipinski definition) is 5. The van der Waals surface area contributed by atoms with Crippen LogP contribution in [0.4, 0.5) is 0 Å². The summed E-state index contributed by atoms with van der Waals surface area (Å²) in [5.41, 5.74) is 1.22. The minimum atomic E-state index is -1.00. The molecule has 0 bridgehead atoms. The van der Waals surface area contributed by atoms with Crippen molar-refractivity contribution in [2.75, 3.05) is 6.61 Å². The quantitative estimate of drug-likeness (QED) is 0.428. The highest BCUT2D eigenvalue weighted by Crippen LogP contribution is 2.34. The molecule has 8 heteroatoms. The highest BCUT2D eigenvalue weighted by atomic mass is 32.1. The number of nitrogens with zero attached hydrogens (tertiary/aromatic N) is 1. The second kappa shape index (κ2) is 8.61. The third kappa shape index (κ3) is 4.15. The molecule has 0 unspecified atom stereocenters. The van der Waals surface area contributed by atoms with E-state index in [0.29, 0.717) is 22.4 Å². The topological polar surface area (TPSA) is 101 Å². The maximum atomic E-state index is 13.2. The van der Waals surface area contributed by atoms with E-state index < -0.39 is 11.7 Å². The zero-order chi connectivity index (χ0) is 22.0. The van der Waals surface area contributed by atoms with Crippen molar-refractivity contribution < 1.29 is 14.6 Å². The van der Waals surface area contributed by atoms with Gasteiger partial charge in [0.2, 0.25) is 0 Å². The number of thiophene rings is 1. The molecule has 158 valence electrons. The molecule has 2 aromatic heterocycles. The molecule has 0 amide bonds. The number of carboxylic acid groups (broad SMARTS) is 1. The van der Waals surface area contributed by atoms with Crippen molar-refractivity contribution in [1.29, 1.82) is 0 Å². The summed E-state index contributed by atoms with van der Waals surface area (Å²) in [6.07, 6.45) is 0.443. The van der Waals surface area contributed by atoms with Crippen LogP contribution in [0.15, 0.2) is 64.2 Å². The third-order valence-corrected chi connectivity index (χ3v) is 5.99. The lowest BCUT2D eigenvalue weighted by atomic mass is 10.0. The Balaban J connectivity index is 1.55. The number of carbonyl (C=O) groups is 1. The van der Waals surface area contributed by atoms with Crippen LogP contribution in [-0.4, -0.2) is 27.2 Å². The molecule has 0 saturated carbocycles. The van der Waals surface area contributed by atoms with E-state index in [9.17, 15) is 14.4 Å². The molecule has 0 spiro atoms. The molecule has 2 heterocycles. The van der Waals surface area contributed by atoms with Gasteiger partial charge in [-0.2, -0.15) is 0 Å². The Morgan fingerprint density at radius 1 is 1.10 bits per heavy atom. The van der Waals surface area contributed by atoms with E-state index in [-0.39, 0.29) is 24.3 Å². The summed E-state index contributed by atoms with van der Waals surface area (Å²) in [7, 11) is 0. The number of aromatic amines is 1. The predicted molar refractivity (Wildman–Crippen MR) is 120 cm³/mol. The number of rotatable bonds is 7. The number of aromatic carboxylic acids is 1. The van der Waals surface area contributed by atoms with Crippen molar-refractivity contribution >= 4 is 27.5 Å². The Labute approximate surface area is 181 Å². The Kier molecular flexibility index (Phi) is 5.73. The van der Waals surface area contributed by atoms with E-state index in [1.807, 2.05) is 37.3 Å². The smallest absolute Gasteiger partial charge is 0.335 e. The summed E-state index contributed by atoms with van der Waals surface area (Å²) in [5.74, 6) is -0.472. The zero-order valence-electron chi connectivity index (χ0n) is 16.8. The minimum absolute atomic E-state index is 0.180.